The molecule has 0 aliphatic rings. The van der Waals surface area contributed by atoms with Gasteiger partial charge >= 0.3 is 0 Å². The quantitative estimate of drug-likeness (QED) is 0.707. The van der Waals surface area contributed by atoms with Gasteiger partial charge in [0.25, 0.3) is 0 Å². The Morgan fingerprint density at radius 2 is 1.95 bits per heavy atom. The van der Waals surface area contributed by atoms with Crippen LogP contribution in [0.1, 0.15) is 5.56 Å². The van der Waals surface area contributed by atoms with Crippen molar-refractivity contribution >= 4 is 17.2 Å². The Balaban J connectivity index is 1.79. The maximum Gasteiger partial charge on any atom is 0.214 e. The predicted octanol–water partition coefficient (Wildman–Crippen LogP) is 4.70. The molecule has 3 rings (SSSR count). The smallest absolute Gasteiger partial charge is 0.214 e. The van der Waals surface area contributed by atoms with Crippen LogP contribution in [-0.4, -0.2) is 4.98 Å². The standard InChI is InChI=1S/C16H12F2N2S/c17-13-7-6-11(9-12(13)14-3-2-8-21-14)10-19-16-5-1-4-15(18)20-16/h1-9H,10H2,(H,19,20). The minimum Gasteiger partial charge on any atom is -0.366 e. The van der Waals surface area contributed by atoms with Crippen molar-refractivity contribution in [2.24, 2.45) is 0 Å². The van der Waals surface area contributed by atoms with Gasteiger partial charge in [0.05, 0.1) is 0 Å². The molecule has 2 heterocycles. The molecule has 0 aliphatic carbocycles. The fourth-order valence-electron chi connectivity index (χ4n) is 2.00. The number of anilines is 1. The van der Waals surface area contributed by atoms with Gasteiger partial charge in [0.2, 0.25) is 5.95 Å². The van der Waals surface area contributed by atoms with Crippen molar-refractivity contribution in [3.8, 4) is 10.4 Å². The van der Waals surface area contributed by atoms with E-state index in [0.717, 1.165) is 10.4 Å². The number of pyridine rings is 1. The topological polar surface area (TPSA) is 24.9 Å². The zero-order valence-electron chi connectivity index (χ0n) is 11.0. The van der Waals surface area contributed by atoms with Crippen molar-refractivity contribution in [3.63, 3.8) is 0 Å². The summed E-state index contributed by atoms with van der Waals surface area (Å²) in [6.07, 6.45) is 0. The summed E-state index contributed by atoms with van der Waals surface area (Å²) in [6.45, 7) is 0.453. The number of nitrogens with zero attached hydrogens (tertiary/aromatic N) is 1. The monoisotopic (exact) mass is 302 g/mol. The Kier molecular flexibility index (Phi) is 3.92. The van der Waals surface area contributed by atoms with Crippen LogP contribution in [-0.2, 0) is 6.54 Å². The second kappa shape index (κ2) is 6.01. The second-order valence-corrected chi connectivity index (χ2v) is 5.44. The number of halogens is 2. The molecule has 0 atom stereocenters. The normalized spacial score (nSPS) is 10.6. The van der Waals surface area contributed by atoms with Crippen LogP contribution >= 0.6 is 11.3 Å². The summed E-state index contributed by atoms with van der Waals surface area (Å²) >= 11 is 1.49. The minimum atomic E-state index is -0.529. The molecule has 21 heavy (non-hydrogen) atoms. The summed E-state index contributed by atoms with van der Waals surface area (Å²) in [7, 11) is 0. The first kappa shape index (κ1) is 13.7. The van der Waals surface area contributed by atoms with Gasteiger partial charge in [-0.3, -0.25) is 0 Å². The Hall–Kier alpha value is -2.27. The number of nitrogens with one attached hydrogen (secondary N) is 1. The molecule has 0 radical (unpaired) electrons. The van der Waals surface area contributed by atoms with E-state index in [9.17, 15) is 8.78 Å². The van der Waals surface area contributed by atoms with Gasteiger partial charge in [-0.05, 0) is 41.3 Å². The highest BCUT2D eigenvalue weighted by Gasteiger charge is 2.07. The molecule has 2 nitrogen and oxygen atoms in total. The Morgan fingerprint density at radius 3 is 2.71 bits per heavy atom. The molecule has 0 amide bonds. The first-order chi connectivity index (χ1) is 10.2. The molecule has 3 aromatic rings. The van der Waals surface area contributed by atoms with Crippen LogP contribution in [0.15, 0.2) is 53.9 Å². The molecule has 0 fully saturated rings. The van der Waals surface area contributed by atoms with E-state index >= 15 is 0 Å². The Morgan fingerprint density at radius 1 is 1.05 bits per heavy atom. The van der Waals surface area contributed by atoms with Crippen LogP contribution in [0.2, 0.25) is 0 Å². The number of rotatable bonds is 4. The molecule has 0 saturated carbocycles. The molecule has 0 spiro atoms. The summed E-state index contributed by atoms with van der Waals surface area (Å²) in [4.78, 5) is 4.62. The van der Waals surface area contributed by atoms with Gasteiger partial charge in [0.15, 0.2) is 0 Å². The fourth-order valence-corrected chi connectivity index (χ4v) is 2.75. The zero-order chi connectivity index (χ0) is 14.7. The lowest BCUT2D eigenvalue weighted by Gasteiger charge is -2.08. The van der Waals surface area contributed by atoms with Crippen molar-refractivity contribution < 1.29 is 8.78 Å². The van der Waals surface area contributed by atoms with Crippen molar-refractivity contribution in [3.05, 3.63) is 71.2 Å². The van der Waals surface area contributed by atoms with Gasteiger partial charge in [0, 0.05) is 17.0 Å². The van der Waals surface area contributed by atoms with Crippen LogP contribution in [0.4, 0.5) is 14.6 Å². The van der Waals surface area contributed by atoms with Crippen molar-refractivity contribution in [2.75, 3.05) is 5.32 Å². The summed E-state index contributed by atoms with van der Waals surface area (Å²) in [5.41, 5.74) is 1.49. The molecular weight excluding hydrogens is 290 g/mol. The highest BCUT2D eigenvalue weighted by molar-refractivity contribution is 7.13. The zero-order valence-corrected chi connectivity index (χ0v) is 11.8. The maximum atomic E-state index is 13.9. The maximum absolute atomic E-state index is 13.9. The predicted molar refractivity (Wildman–Crippen MR) is 81.2 cm³/mol. The third-order valence-corrected chi connectivity index (χ3v) is 3.91. The van der Waals surface area contributed by atoms with Gasteiger partial charge in [0.1, 0.15) is 11.6 Å². The molecule has 0 saturated heterocycles. The van der Waals surface area contributed by atoms with Gasteiger partial charge < -0.3 is 5.32 Å². The van der Waals surface area contributed by atoms with Crippen molar-refractivity contribution in [1.82, 2.24) is 4.98 Å². The van der Waals surface area contributed by atoms with Crippen LogP contribution < -0.4 is 5.32 Å². The average Bonchev–Trinajstić information content (AvgIpc) is 3.00. The van der Waals surface area contributed by atoms with Crippen molar-refractivity contribution in [2.45, 2.75) is 6.54 Å². The third kappa shape index (κ3) is 3.25. The van der Waals surface area contributed by atoms with E-state index in [1.54, 1.807) is 24.3 Å². The van der Waals surface area contributed by atoms with E-state index < -0.39 is 5.95 Å². The minimum absolute atomic E-state index is 0.245. The lowest BCUT2D eigenvalue weighted by Crippen LogP contribution is -2.02. The molecule has 2 aromatic heterocycles. The van der Waals surface area contributed by atoms with Gasteiger partial charge in [-0.15, -0.1) is 11.3 Å². The SMILES string of the molecule is Fc1cccc(NCc2ccc(F)c(-c3cccs3)c2)n1. The lowest BCUT2D eigenvalue weighted by atomic mass is 10.1. The van der Waals surface area contributed by atoms with E-state index in [-0.39, 0.29) is 5.82 Å². The highest BCUT2D eigenvalue weighted by Crippen LogP contribution is 2.28. The number of hydrogen-bond acceptors (Lipinski definition) is 3. The van der Waals surface area contributed by atoms with Crippen LogP contribution in [0.3, 0.4) is 0 Å². The number of hydrogen-bond donors (Lipinski definition) is 1. The largest absolute Gasteiger partial charge is 0.366 e. The van der Waals surface area contributed by atoms with E-state index in [1.165, 1.54) is 23.5 Å². The average molecular weight is 302 g/mol. The molecule has 0 aliphatic heterocycles. The molecule has 1 aromatic carbocycles. The third-order valence-electron chi connectivity index (χ3n) is 3.01. The molecule has 0 bridgehead atoms. The van der Waals surface area contributed by atoms with Crippen molar-refractivity contribution in [1.29, 1.82) is 0 Å². The van der Waals surface area contributed by atoms with Gasteiger partial charge in [-0.1, -0.05) is 18.2 Å². The number of benzene rings is 1. The Bertz CT molecular complexity index is 742. The van der Waals surface area contributed by atoms with E-state index in [1.807, 2.05) is 17.5 Å². The van der Waals surface area contributed by atoms with Crippen LogP contribution in [0.5, 0.6) is 0 Å². The molecule has 106 valence electrons. The number of thiophene rings is 1. The summed E-state index contributed by atoms with van der Waals surface area (Å²) in [5.74, 6) is -0.319. The van der Waals surface area contributed by atoms with Gasteiger partial charge in [-0.2, -0.15) is 4.39 Å². The first-order valence-corrected chi connectivity index (χ1v) is 7.29. The molecule has 5 heteroatoms. The summed E-state index contributed by atoms with van der Waals surface area (Å²) in [6, 6.07) is 13.3. The molecule has 1 N–H and O–H groups in total. The summed E-state index contributed by atoms with van der Waals surface area (Å²) in [5, 5.41) is 4.94. The number of aromatic nitrogens is 1. The van der Waals surface area contributed by atoms with E-state index in [4.69, 9.17) is 0 Å². The summed E-state index contributed by atoms with van der Waals surface area (Å²) < 4.78 is 26.9. The highest BCUT2D eigenvalue weighted by atomic mass is 32.1. The molecule has 0 unspecified atom stereocenters. The van der Waals surface area contributed by atoms with E-state index in [0.29, 0.717) is 17.9 Å². The first-order valence-electron chi connectivity index (χ1n) is 6.41. The van der Waals surface area contributed by atoms with Crippen LogP contribution in [0, 0.1) is 11.8 Å². The van der Waals surface area contributed by atoms with E-state index in [2.05, 4.69) is 10.3 Å². The lowest BCUT2D eigenvalue weighted by molar-refractivity contribution is 0.585. The Labute approximate surface area is 125 Å². The van der Waals surface area contributed by atoms with Gasteiger partial charge in [-0.25, -0.2) is 9.37 Å². The van der Waals surface area contributed by atoms with Crippen LogP contribution in [0.25, 0.3) is 10.4 Å². The fraction of sp³-hybridized carbons (Fsp3) is 0.0625. The molecular formula is C16H12F2N2S. The second-order valence-electron chi connectivity index (χ2n) is 4.49.